The Kier molecular flexibility index (Phi) is 5.17. The van der Waals surface area contributed by atoms with E-state index < -0.39 is 6.04 Å². The van der Waals surface area contributed by atoms with Crippen LogP contribution in [0.15, 0.2) is 54.7 Å². The first-order valence-electron chi connectivity index (χ1n) is 11.0. The molecule has 2 aliphatic heterocycles. The zero-order valence-electron chi connectivity index (χ0n) is 18.1. The van der Waals surface area contributed by atoms with Gasteiger partial charge in [0.2, 0.25) is 17.7 Å². The van der Waals surface area contributed by atoms with Crippen LogP contribution in [0.5, 0.6) is 0 Å². The summed E-state index contributed by atoms with van der Waals surface area (Å²) in [6.45, 7) is 3.48. The van der Waals surface area contributed by atoms with Crippen molar-refractivity contribution in [3.63, 3.8) is 0 Å². The van der Waals surface area contributed by atoms with Gasteiger partial charge < -0.3 is 14.8 Å². The van der Waals surface area contributed by atoms with Crippen molar-refractivity contribution in [1.29, 1.82) is 0 Å². The van der Waals surface area contributed by atoms with Gasteiger partial charge >= 0.3 is 0 Å². The number of hydrogen-bond donors (Lipinski definition) is 1. The first-order chi connectivity index (χ1) is 15.5. The van der Waals surface area contributed by atoms with Gasteiger partial charge in [-0.15, -0.1) is 0 Å². The van der Waals surface area contributed by atoms with E-state index >= 15 is 0 Å². The molecule has 1 atom stereocenters. The van der Waals surface area contributed by atoms with E-state index in [1.807, 2.05) is 59.6 Å². The monoisotopic (exact) mass is 430 g/mol. The molecule has 2 aromatic carbocycles. The average Bonchev–Trinajstić information content (AvgIpc) is 3.40. The van der Waals surface area contributed by atoms with Crippen molar-refractivity contribution in [3.8, 4) is 0 Å². The number of nitrogens with one attached hydrogen (secondary N) is 1. The second kappa shape index (κ2) is 8.15. The number of hydrogen-bond acceptors (Lipinski definition) is 3. The minimum Gasteiger partial charge on any atom is -0.361 e. The van der Waals surface area contributed by atoms with Gasteiger partial charge in [-0.2, -0.15) is 0 Å². The highest BCUT2D eigenvalue weighted by molar-refractivity contribution is 6.02. The van der Waals surface area contributed by atoms with Gasteiger partial charge in [-0.25, -0.2) is 0 Å². The van der Waals surface area contributed by atoms with Crippen molar-refractivity contribution < 1.29 is 14.4 Å². The van der Waals surface area contributed by atoms with Crippen molar-refractivity contribution in [2.45, 2.75) is 25.8 Å². The molecule has 3 aromatic rings. The lowest BCUT2D eigenvalue weighted by atomic mass is 10.1. The van der Waals surface area contributed by atoms with Gasteiger partial charge in [0.15, 0.2) is 0 Å². The molecule has 7 nitrogen and oxygen atoms in total. The van der Waals surface area contributed by atoms with Crippen molar-refractivity contribution in [2.75, 3.05) is 31.1 Å². The number of fused-ring (bicyclic) bond motifs is 2. The summed E-state index contributed by atoms with van der Waals surface area (Å²) in [5.74, 6) is -0.0959. The summed E-state index contributed by atoms with van der Waals surface area (Å²) in [4.78, 5) is 46.9. The fourth-order valence-electron chi connectivity index (χ4n) is 4.91. The van der Waals surface area contributed by atoms with Gasteiger partial charge in [0.25, 0.3) is 0 Å². The summed E-state index contributed by atoms with van der Waals surface area (Å²) >= 11 is 0. The number of anilines is 1. The van der Waals surface area contributed by atoms with Gasteiger partial charge in [-0.05, 0) is 23.3 Å². The molecule has 1 aromatic heterocycles. The van der Waals surface area contributed by atoms with E-state index in [4.69, 9.17) is 0 Å². The van der Waals surface area contributed by atoms with Gasteiger partial charge in [-0.3, -0.25) is 19.3 Å². The number of nitrogens with zero attached hydrogens (tertiary/aromatic N) is 3. The summed E-state index contributed by atoms with van der Waals surface area (Å²) in [5, 5.41) is 1.07. The molecule has 1 fully saturated rings. The summed E-state index contributed by atoms with van der Waals surface area (Å²) in [6.07, 6.45) is 2.78. The minimum atomic E-state index is -0.502. The molecular weight excluding hydrogens is 404 g/mol. The van der Waals surface area contributed by atoms with E-state index in [0.717, 1.165) is 27.7 Å². The van der Waals surface area contributed by atoms with Crippen LogP contribution in [0.2, 0.25) is 0 Å². The Balaban J connectivity index is 1.22. The van der Waals surface area contributed by atoms with E-state index in [9.17, 15) is 14.4 Å². The molecule has 7 heteroatoms. The van der Waals surface area contributed by atoms with E-state index in [1.54, 1.807) is 9.80 Å². The highest BCUT2D eigenvalue weighted by Crippen LogP contribution is 2.33. The molecule has 32 heavy (non-hydrogen) atoms. The van der Waals surface area contributed by atoms with Gasteiger partial charge in [-0.1, -0.05) is 36.4 Å². The van der Waals surface area contributed by atoms with Crippen molar-refractivity contribution in [3.05, 3.63) is 65.9 Å². The highest BCUT2D eigenvalue weighted by Gasteiger charge is 2.39. The average molecular weight is 431 g/mol. The number of H-pyrrole nitrogens is 1. The highest BCUT2D eigenvalue weighted by atomic mass is 16.2. The minimum absolute atomic E-state index is 0.0415. The van der Waals surface area contributed by atoms with Crippen LogP contribution >= 0.6 is 0 Å². The number of benzene rings is 2. The molecule has 2 aliphatic rings. The van der Waals surface area contributed by atoms with Gasteiger partial charge in [0, 0.05) is 62.3 Å². The SMILES string of the molecule is CC(=O)N1c2ccccc2C[C@H]1C(=O)N1CCN(C(=O)Cc2c[nH]c3ccccc23)CC1. The molecule has 3 amide bonds. The van der Waals surface area contributed by atoms with Crippen LogP contribution in [0.4, 0.5) is 5.69 Å². The molecule has 0 saturated carbocycles. The lowest BCUT2D eigenvalue weighted by Crippen LogP contribution is -2.56. The molecule has 1 saturated heterocycles. The zero-order valence-corrected chi connectivity index (χ0v) is 18.1. The number of rotatable bonds is 3. The Bertz CT molecular complexity index is 1190. The largest absolute Gasteiger partial charge is 0.361 e. The van der Waals surface area contributed by atoms with Crippen molar-refractivity contribution >= 4 is 34.3 Å². The van der Waals surface area contributed by atoms with Crippen LogP contribution in [0.25, 0.3) is 10.9 Å². The Morgan fingerprint density at radius 3 is 2.41 bits per heavy atom. The van der Waals surface area contributed by atoms with Gasteiger partial charge in [0.05, 0.1) is 6.42 Å². The van der Waals surface area contributed by atoms with Crippen LogP contribution in [0, 0.1) is 0 Å². The van der Waals surface area contributed by atoms with Crippen molar-refractivity contribution in [1.82, 2.24) is 14.8 Å². The first kappa shape index (κ1) is 20.3. The Morgan fingerprint density at radius 1 is 0.938 bits per heavy atom. The predicted molar refractivity (Wildman–Crippen MR) is 122 cm³/mol. The summed E-state index contributed by atoms with van der Waals surface area (Å²) in [6, 6.07) is 15.1. The number of aromatic nitrogens is 1. The third-order valence-electron chi connectivity index (χ3n) is 6.56. The number of aromatic amines is 1. The lowest BCUT2D eigenvalue weighted by Gasteiger charge is -2.37. The number of amides is 3. The van der Waals surface area contributed by atoms with Crippen molar-refractivity contribution in [2.24, 2.45) is 0 Å². The molecule has 0 radical (unpaired) electrons. The summed E-state index contributed by atoms with van der Waals surface area (Å²) < 4.78 is 0. The molecular formula is C25H26N4O3. The second-order valence-corrected chi connectivity index (χ2v) is 8.48. The van der Waals surface area contributed by atoms with E-state index in [0.29, 0.717) is 39.0 Å². The fraction of sp³-hybridized carbons (Fsp3) is 0.320. The maximum atomic E-state index is 13.3. The molecule has 3 heterocycles. The number of para-hydroxylation sites is 2. The molecule has 0 unspecified atom stereocenters. The van der Waals surface area contributed by atoms with Crippen LogP contribution in [-0.2, 0) is 27.2 Å². The van der Waals surface area contributed by atoms with Crippen LogP contribution in [0.1, 0.15) is 18.1 Å². The van der Waals surface area contributed by atoms with Gasteiger partial charge in [0.1, 0.15) is 6.04 Å². The van der Waals surface area contributed by atoms with Crippen LogP contribution in [0.3, 0.4) is 0 Å². The van der Waals surface area contributed by atoms with Crippen LogP contribution < -0.4 is 4.90 Å². The number of carbonyl (C=O) groups is 3. The quantitative estimate of drug-likeness (QED) is 0.693. The Hall–Kier alpha value is -3.61. The lowest BCUT2D eigenvalue weighted by molar-refractivity contribution is -0.140. The normalized spacial score (nSPS) is 18.2. The molecule has 0 spiro atoms. The van der Waals surface area contributed by atoms with E-state index in [2.05, 4.69) is 4.98 Å². The smallest absolute Gasteiger partial charge is 0.246 e. The first-order valence-corrected chi connectivity index (χ1v) is 11.0. The maximum absolute atomic E-state index is 13.3. The van der Waals surface area contributed by atoms with Crippen LogP contribution in [-0.4, -0.2) is 64.7 Å². The van der Waals surface area contributed by atoms with E-state index in [1.165, 1.54) is 6.92 Å². The summed E-state index contributed by atoms with van der Waals surface area (Å²) in [5.41, 5.74) is 3.86. The molecule has 5 rings (SSSR count). The van der Waals surface area contributed by atoms with E-state index in [-0.39, 0.29) is 17.7 Å². The maximum Gasteiger partial charge on any atom is 0.246 e. The standard InChI is InChI=1S/C25H26N4O3/c1-17(30)29-22-9-5-2-6-18(22)14-23(29)25(32)28-12-10-27(11-13-28)24(31)15-19-16-26-21-8-4-3-7-20(19)21/h2-9,16,23,26H,10-15H2,1H3/t23-/m0/s1. The zero-order chi connectivity index (χ0) is 22.2. The summed E-state index contributed by atoms with van der Waals surface area (Å²) in [7, 11) is 0. The topological polar surface area (TPSA) is 76.7 Å². The molecule has 0 bridgehead atoms. The molecule has 0 aliphatic carbocycles. The fourth-order valence-corrected chi connectivity index (χ4v) is 4.91. The Labute approximate surface area is 186 Å². The second-order valence-electron chi connectivity index (χ2n) is 8.48. The molecule has 164 valence electrons. The number of carbonyl (C=O) groups excluding carboxylic acids is 3. The molecule has 1 N–H and O–H groups in total. The predicted octanol–water partition coefficient (Wildman–Crippen LogP) is 2.36. The third-order valence-corrected chi connectivity index (χ3v) is 6.56. The third kappa shape index (κ3) is 3.53. The number of piperazine rings is 1. The Morgan fingerprint density at radius 2 is 1.62 bits per heavy atom.